The van der Waals surface area contributed by atoms with E-state index in [1.807, 2.05) is 10.6 Å². The molecule has 0 aromatic carbocycles. The largest absolute Gasteiger partial charge is 0.480 e. The molecule has 420 valence electrons. The van der Waals surface area contributed by atoms with Gasteiger partial charge in [-0.25, -0.2) is 33.0 Å². The smallest absolute Gasteiger partial charge is 0.408 e. The first kappa shape index (κ1) is 67.9. The zero-order chi connectivity index (χ0) is 56.9. The van der Waals surface area contributed by atoms with Gasteiger partial charge in [0.25, 0.3) is 0 Å². The Hall–Kier alpha value is -5.06. The van der Waals surface area contributed by atoms with Crippen LogP contribution in [0.3, 0.4) is 0 Å². The molecular weight excluding hydrogens is 1060 g/mol. The van der Waals surface area contributed by atoms with E-state index >= 15 is 0 Å². The van der Waals surface area contributed by atoms with Crippen LogP contribution in [0.25, 0.3) is 0 Å². The molecule has 0 saturated heterocycles. The fourth-order valence-electron chi connectivity index (χ4n) is 5.00. The van der Waals surface area contributed by atoms with Crippen molar-refractivity contribution < 1.29 is 107 Å². The van der Waals surface area contributed by atoms with Crippen LogP contribution >= 0.6 is 21.6 Å². The van der Waals surface area contributed by atoms with Crippen LogP contribution in [-0.2, 0) is 87.4 Å². The highest BCUT2D eigenvalue weighted by molar-refractivity contribution is 8.76. The van der Waals surface area contributed by atoms with Crippen LogP contribution in [0.4, 0.5) is 9.59 Å². The van der Waals surface area contributed by atoms with E-state index in [9.17, 15) is 70.8 Å². The molecule has 0 aliphatic heterocycles. The van der Waals surface area contributed by atoms with Crippen LogP contribution < -0.4 is 31.9 Å². The van der Waals surface area contributed by atoms with Crippen molar-refractivity contribution in [3.63, 3.8) is 0 Å². The molecule has 29 nitrogen and oxygen atoms in total. The fraction of sp³-hybridized carbons (Fsp3) is 0.750. The summed E-state index contributed by atoms with van der Waals surface area (Å²) in [7, 11) is -3.81. The van der Waals surface area contributed by atoms with Gasteiger partial charge in [0.2, 0.25) is 23.6 Å². The number of ether oxygens (including phenoxy) is 4. The third-order valence-electron chi connectivity index (χ3n) is 7.89. The highest BCUT2D eigenvalue weighted by Gasteiger charge is 2.34. The van der Waals surface area contributed by atoms with Crippen LogP contribution in [0.15, 0.2) is 0 Å². The second-order valence-electron chi connectivity index (χ2n) is 19.4. The summed E-state index contributed by atoms with van der Waals surface area (Å²) in [5.41, 5.74) is -4.08. The quantitative estimate of drug-likeness (QED) is 0.0122. The molecule has 0 heterocycles. The van der Waals surface area contributed by atoms with Gasteiger partial charge in [0, 0.05) is 24.3 Å². The summed E-state index contributed by atoms with van der Waals surface area (Å²) in [6, 6.07) is -10.5. The topological polar surface area (TPSA) is 430 Å². The van der Waals surface area contributed by atoms with E-state index in [1.165, 1.54) is 20.8 Å². The molecule has 0 aromatic heterocycles. The van der Waals surface area contributed by atoms with Crippen LogP contribution in [0, 0.1) is 0 Å². The van der Waals surface area contributed by atoms with Crippen molar-refractivity contribution in [1.82, 2.24) is 31.9 Å². The van der Waals surface area contributed by atoms with Crippen molar-refractivity contribution in [2.45, 2.75) is 167 Å². The third-order valence-corrected chi connectivity index (χ3v) is 11.1. The molecule has 0 fully saturated rings. The van der Waals surface area contributed by atoms with Crippen LogP contribution in [0.1, 0.15) is 109 Å². The summed E-state index contributed by atoms with van der Waals surface area (Å²) in [6.07, 6.45) is -4.14. The molecule has 0 aliphatic rings. The first-order chi connectivity index (χ1) is 33.1. The Morgan fingerprint density at radius 1 is 0.507 bits per heavy atom. The molecule has 73 heavy (non-hydrogen) atoms. The predicted octanol–water partition coefficient (Wildman–Crippen LogP) is 0.479. The van der Waals surface area contributed by atoms with Gasteiger partial charge in [-0.1, -0.05) is 21.6 Å². The van der Waals surface area contributed by atoms with Crippen LogP contribution in [0.5, 0.6) is 0 Å². The molecule has 0 bridgehead atoms. The average Bonchev–Trinajstić information content (AvgIpc) is 3.18. The molecule has 33 heteroatoms. The molecule has 0 aliphatic carbocycles. The van der Waals surface area contributed by atoms with Gasteiger partial charge >= 0.3 is 57.8 Å². The standard InChI is InChI=1S/C40H68N6O23S4/c1-37(2,3)66-33(55)21(45-35(57)68-39(7,8)9)13-15-27(47)41-25(29(49)43-23(31(51)52)17-64-72(59)60)19-70-71-20-26(30(50)44-24(32(53)54)18-65-73(61,62)63)42-28(48)16-14-22(34(56)67-38(4,5)6)46-36(58)69-40(10,11)12/h21-26H,13-20H2,1-12H3,(H,41,47)(H,42,48)(H,43,49)(H,44,50)(H,45,57)(H,46,58)(H,51,52)(H,53,54)(H,59,60)(H,61,62,63)/t21-,22-,23-,24-,25-,26-/m0/s1. The van der Waals surface area contributed by atoms with E-state index in [2.05, 4.69) is 29.6 Å². The number of carboxylic acids is 2. The normalized spacial score (nSPS) is 15.0. The minimum atomic E-state index is -5.21. The number of rotatable bonds is 29. The Bertz CT molecular complexity index is 2090. The summed E-state index contributed by atoms with van der Waals surface area (Å²) in [4.78, 5) is 129. The minimum Gasteiger partial charge on any atom is -0.480 e. The summed E-state index contributed by atoms with van der Waals surface area (Å²) in [5.74, 6) is -10.9. The maximum Gasteiger partial charge on any atom is 0.408 e. The summed E-state index contributed by atoms with van der Waals surface area (Å²) >= 11 is -2.96. The first-order valence-electron chi connectivity index (χ1n) is 21.8. The van der Waals surface area contributed by atoms with E-state index in [0.717, 1.165) is 0 Å². The Morgan fingerprint density at radius 2 is 0.836 bits per heavy atom. The maximum atomic E-state index is 13.5. The summed E-state index contributed by atoms with van der Waals surface area (Å²) in [5, 5.41) is 32.6. The molecule has 0 aromatic rings. The second-order valence-corrected chi connectivity index (χ2v) is 23.7. The zero-order valence-corrected chi connectivity index (χ0v) is 45.6. The summed E-state index contributed by atoms with van der Waals surface area (Å²) < 4.78 is 81.1. The molecule has 0 rings (SSSR count). The van der Waals surface area contributed by atoms with Crippen molar-refractivity contribution in [3.8, 4) is 0 Å². The van der Waals surface area contributed by atoms with E-state index in [4.69, 9.17) is 28.1 Å². The molecule has 1 unspecified atom stereocenters. The van der Waals surface area contributed by atoms with Crippen molar-refractivity contribution in [2.75, 3.05) is 24.7 Å². The molecular formula is C40H68N6O23S4. The molecule has 7 atom stereocenters. The Morgan fingerprint density at radius 3 is 1.12 bits per heavy atom. The lowest BCUT2D eigenvalue weighted by Crippen LogP contribution is -2.54. The van der Waals surface area contributed by atoms with Gasteiger partial charge in [-0.15, -0.1) is 0 Å². The van der Waals surface area contributed by atoms with Gasteiger partial charge in [0.15, 0.2) is 12.1 Å². The first-order valence-corrected chi connectivity index (χ1v) is 26.6. The Balaban J connectivity index is 6.73. The van der Waals surface area contributed by atoms with Gasteiger partial charge < -0.3 is 61.1 Å². The number of esters is 2. The van der Waals surface area contributed by atoms with Crippen molar-refractivity contribution in [3.05, 3.63) is 0 Å². The van der Waals surface area contributed by atoms with Gasteiger partial charge in [0.1, 0.15) is 46.6 Å². The highest BCUT2D eigenvalue weighted by Crippen LogP contribution is 2.24. The van der Waals surface area contributed by atoms with E-state index in [1.54, 1.807) is 62.3 Å². The lowest BCUT2D eigenvalue weighted by atomic mass is 10.1. The summed E-state index contributed by atoms with van der Waals surface area (Å²) in [6.45, 7) is 16.2. The molecule has 6 amide bonds. The monoisotopic (exact) mass is 1130 g/mol. The number of alkyl carbamates (subject to hydrolysis) is 2. The molecule has 10 N–H and O–H groups in total. The van der Waals surface area contributed by atoms with Crippen LogP contribution in [-0.4, -0.2) is 175 Å². The van der Waals surface area contributed by atoms with E-state index in [-0.39, 0.29) is 0 Å². The number of carbonyl (C=O) groups excluding carboxylic acids is 8. The number of nitrogens with one attached hydrogen (secondary N) is 6. The third kappa shape index (κ3) is 34.1. The molecule has 0 saturated carbocycles. The number of hydrogen-bond acceptors (Lipinski definition) is 21. The lowest BCUT2D eigenvalue weighted by Gasteiger charge is -2.26. The Kier molecular flexibility index (Phi) is 28.2. The number of hydrogen-bond donors (Lipinski definition) is 10. The Labute approximate surface area is 432 Å². The van der Waals surface area contributed by atoms with Crippen molar-refractivity contribution in [2.24, 2.45) is 0 Å². The zero-order valence-electron chi connectivity index (χ0n) is 42.3. The molecule has 0 spiro atoms. The minimum absolute atomic E-state index is 0.428. The number of carboxylic acid groups (broad SMARTS) is 2. The van der Waals surface area contributed by atoms with Gasteiger partial charge in [-0.3, -0.25) is 32.5 Å². The second kappa shape index (κ2) is 30.3. The van der Waals surface area contributed by atoms with Gasteiger partial charge in [-0.2, -0.15) is 12.6 Å². The SMILES string of the molecule is CC(C)(C)OC(=O)N[C@@H](CCC(=O)N[C@@H](CSSC[C@H](NC(=O)CC[C@H](NC(=O)OC(C)(C)C)C(=O)OC(C)(C)C)C(=O)N[C@@H](COS(=O)(=O)O)C(=O)O)C(=O)N[C@@H](COS(=O)O)C(=O)O)C(=O)OC(C)(C)C. The maximum absolute atomic E-state index is 13.5. The number of carbonyl (C=O) groups is 10. The van der Waals surface area contributed by atoms with Crippen LogP contribution in [0.2, 0.25) is 0 Å². The average molecular weight is 1130 g/mol. The number of aliphatic carboxylic acids is 2. The van der Waals surface area contributed by atoms with E-state index < -0.39 is 191 Å². The highest BCUT2D eigenvalue weighted by atomic mass is 33.1. The number of amides is 6. The lowest BCUT2D eigenvalue weighted by molar-refractivity contribution is -0.158. The van der Waals surface area contributed by atoms with Gasteiger partial charge in [-0.05, 0) is 95.9 Å². The fourth-order valence-corrected chi connectivity index (χ4v) is 7.89. The molecule has 0 radical (unpaired) electrons. The van der Waals surface area contributed by atoms with E-state index in [0.29, 0.717) is 21.6 Å². The van der Waals surface area contributed by atoms with Gasteiger partial charge in [0.05, 0.1) is 13.2 Å². The van der Waals surface area contributed by atoms with Crippen molar-refractivity contribution >= 4 is 103 Å². The van der Waals surface area contributed by atoms with Crippen molar-refractivity contribution in [1.29, 1.82) is 0 Å². The predicted molar refractivity (Wildman–Crippen MR) is 259 cm³/mol.